The quantitative estimate of drug-likeness (QED) is 0.603. The molecule has 1 saturated heterocycles. The molecule has 126 valence electrons. The van der Waals surface area contributed by atoms with E-state index in [0.717, 1.165) is 5.56 Å². The third-order valence-corrected chi connectivity index (χ3v) is 4.14. The van der Waals surface area contributed by atoms with Gasteiger partial charge in [0.25, 0.3) is 0 Å². The van der Waals surface area contributed by atoms with Crippen LogP contribution in [-0.4, -0.2) is 42.9 Å². The minimum absolute atomic E-state index is 0.0121. The Hall–Kier alpha value is -1.29. The van der Waals surface area contributed by atoms with E-state index in [-0.39, 0.29) is 19.1 Å². The second-order valence-electron chi connectivity index (χ2n) is 5.73. The van der Waals surface area contributed by atoms with Crippen LogP contribution in [0.15, 0.2) is 12.3 Å². The third-order valence-electron chi connectivity index (χ3n) is 3.93. The minimum Gasteiger partial charge on any atom is -0.367 e. The summed E-state index contributed by atoms with van der Waals surface area (Å²) < 4.78 is 43.4. The Labute approximate surface area is 138 Å². The zero-order chi connectivity index (χ0) is 17.2. The second-order valence-corrected chi connectivity index (χ2v) is 6.12. The summed E-state index contributed by atoms with van der Waals surface area (Å²) in [4.78, 5) is 5.95. The van der Waals surface area contributed by atoms with Crippen molar-refractivity contribution in [2.45, 2.75) is 31.7 Å². The van der Waals surface area contributed by atoms with E-state index in [9.17, 15) is 13.2 Å². The molecule has 2 rings (SSSR count). The average molecular weight is 347 g/mol. The average Bonchev–Trinajstić information content (AvgIpc) is 2.93. The highest BCUT2D eigenvalue weighted by molar-refractivity contribution is 6.29. The Balaban J connectivity index is 2.31. The Morgan fingerprint density at radius 2 is 2.13 bits per heavy atom. The van der Waals surface area contributed by atoms with Gasteiger partial charge in [0, 0.05) is 24.4 Å². The summed E-state index contributed by atoms with van der Waals surface area (Å²) in [5.74, 6) is 4.70. The highest BCUT2D eigenvalue weighted by Crippen LogP contribution is 2.34. The van der Waals surface area contributed by atoms with Gasteiger partial charge in [0.15, 0.2) is 6.10 Å². The van der Waals surface area contributed by atoms with Gasteiger partial charge in [-0.15, -0.1) is 0 Å². The molecule has 1 fully saturated rings. The van der Waals surface area contributed by atoms with Crippen LogP contribution in [0.25, 0.3) is 0 Å². The number of ether oxygens (including phenoxy) is 1. The highest BCUT2D eigenvalue weighted by atomic mass is 35.5. The van der Waals surface area contributed by atoms with Gasteiger partial charge in [-0.2, -0.15) is 13.2 Å². The fourth-order valence-electron chi connectivity index (χ4n) is 2.40. The van der Waals surface area contributed by atoms with Gasteiger partial charge >= 0.3 is 6.18 Å². The van der Waals surface area contributed by atoms with Crippen molar-refractivity contribution in [3.8, 4) is 11.8 Å². The van der Waals surface area contributed by atoms with E-state index in [1.807, 2.05) is 25.9 Å². The Morgan fingerprint density at radius 1 is 1.43 bits per heavy atom. The van der Waals surface area contributed by atoms with Crippen molar-refractivity contribution in [1.82, 2.24) is 9.88 Å². The third kappa shape index (κ3) is 4.37. The first kappa shape index (κ1) is 18.1. The molecule has 0 bridgehead atoms. The Morgan fingerprint density at radius 3 is 2.74 bits per heavy atom. The molecule has 0 aromatic carbocycles. The standard InChI is InChI=1S/C16H18ClF3N2O/c1-10(22(2)3)13-8-14(17)21-9-12(13)5-4-11-6-7-23-15(11)16(18,19)20/h8-11,15H,6-7H2,1-3H3/t10?,11?,15-/m1/s1. The number of hydrogen-bond donors (Lipinski definition) is 0. The van der Waals surface area contributed by atoms with Crippen molar-refractivity contribution in [2.24, 2.45) is 5.92 Å². The zero-order valence-electron chi connectivity index (χ0n) is 13.1. The molecule has 0 spiro atoms. The van der Waals surface area contributed by atoms with Gasteiger partial charge in [-0.05, 0) is 39.1 Å². The van der Waals surface area contributed by atoms with Crippen molar-refractivity contribution in [3.63, 3.8) is 0 Å². The lowest BCUT2D eigenvalue weighted by molar-refractivity contribution is -0.212. The first-order chi connectivity index (χ1) is 10.7. The summed E-state index contributed by atoms with van der Waals surface area (Å²) in [5, 5.41) is 0.330. The van der Waals surface area contributed by atoms with Gasteiger partial charge in [0.1, 0.15) is 5.15 Å². The van der Waals surface area contributed by atoms with Crippen LogP contribution < -0.4 is 0 Å². The minimum atomic E-state index is -4.39. The normalized spacial score (nSPS) is 22.8. The lowest BCUT2D eigenvalue weighted by Gasteiger charge is -2.21. The predicted molar refractivity (Wildman–Crippen MR) is 82.1 cm³/mol. The van der Waals surface area contributed by atoms with Crippen LogP contribution in [0.5, 0.6) is 0 Å². The maximum atomic E-state index is 12.9. The summed E-state index contributed by atoms with van der Waals surface area (Å²) in [6, 6.07) is 1.71. The zero-order valence-corrected chi connectivity index (χ0v) is 13.9. The number of nitrogens with zero attached hydrogens (tertiary/aromatic N) is 2. The van der Waals surface area contributed by atoms with E-state index in [1.165, 1.54) is 6.20 Å². The highest BCUT2D eigenvalue weighted by Gasteiger charge is 2.48. The first-order valence-corrected chi connectivity index (χ1v) is 7.59. The fourth-order valence-corrected chi connectivity index (χ4v) is 2.57. The molecule has 0 amide bonds. The van der Waals surface area contributed by atoms with E-state index >= 15 is 0 Å². The molecule has 2 heterocycles. The molecule has 1 aliphatic heterocycles. The summed E-state index contributed by atoms with van der Waals surface area (Å²) in [5.41, 5.74) is 1.42. The number of rotatable bonds is 2. The van der Waals surface area contributed by atoms with Crippen LogP contribution in [-0.2, 0) is 4.74 Å². The molecule has 23 heavy (non-hydrogen) atoms. The lowest BCUT2D eigenvalue weighted by Crippen LogP contribution is -2.33. The van der Waals surface area contributed by atoms with Crippen LogP contribution in [0, 0.1) is 17.8 Å². The molecular formula is C16H18ClF3N2O. The van der Waals surface area contributed by atoms with Gasteiger partial charge in [-0.25, -0.2) is 4.98 Å². The molecule has 3 nitrogen and oxygen atoms in total. The van der Waals surface area contributed by atoms with Crippen molar-refractivity contribution in [2.75, 3.05) is 20.7 Å². The number of aromatic nitrogens is 1. The molecule has 0 aliphatic carbocycles. The molecule has 0 radical (unpaired) electrons. The van der Waals surface area contributed by atoms with E-state index < -0.39 is 18.2 Å². The molecule has 3 atom stereocenters. The second kappa shape index (κ2) is 7.08. The van der Waals surface area contributed by atoms with Crippen molar-refractivity contribution in [1.29, 1.82) is 0 Å². The van der Waals surface area contributed by atoms with Crippen LogP contribution in [0.3, 0.4) is 0 Å². The maximum Gasteiger partial charge on any atom is 0.415 e. The number of alkyl halides is 3. The molecule has 1 aromatic heterocycles. The van der Waals surface area contributed by atoms with Gasteiger partial charge < -0.3 is 9.64 Å². The van der Waals surface area contributed by atoms with Gasteiger partial charge in [0.2, 0.25) is 0 Å². The van der Waals surface area contributed by atoms with Crippen LogP contribution >= 0.6 is 11.6 Å². The summed E-state index contributed by atoms with van der Waals surface area (Å²) in [6.07, 6.45) is -4.43. The van der Waals surface area contributed by atoms with Crippen LogP contribution in [0.1, 0.15) is 30.5 Å². The monoisotopic (exact) mass is 346 g/mol. The van der Waals surface area contributed by atoms with Gasteiger partial charge in [-0.1, -0.05) is 23.4 Å². The van der Waals surface area contributed by atoms with E-state index in [0.29, 0.717) is 10.7 Å². The van der Waals surface area contributed by atoms with Gasteiger partial charge in [-0.3, -0.25) is 0 Å². The summed E-state index contributed by atoms with van der Waals surface area (Å²) in [7, 11) is 3.81. The molecule has 7 heteroatoms. The fraction of sp³-hybridized carbons (Fsp3) is 0.562. The SMILES string of the molecule is CC(c1cc(Cl)ncc1C#CC1CCO[C@H]1C(F)(F)F)N(C)C. The van der Waals surface area contributed by atoms with E-state index in [2.05, 4.69) is 16.8 Å². The Bertz CT molecular complexity index is 622. The first-order valence-electron chi connectivity index (χ1n) is 7.22. The lowest BCUT2D eigenvalue weighted by atomic mass is 9.99. The number of pyridine rings is 1. The predicted octanol–water partition coefficient (Wildman–Crippen LogP) is 3.68. The topological polar surface area (TPSA) is 25.4 Å². The summed E-state index contributed by atoms with van der Waals surface area (Å²) >= 11 is 5.93. The molecule has 2 unspecified atom stereocenters. The molecule has 0 N–H and O–H groups in total. The maximum absolute atomic E-state index is 12.9. The van der Waals surface area contributed by atoms with Crippen molar-refractivity contribution in [3.05, 3.63) is 28.5 Å². The molecular weight excluding hydrogens is 329 g/mol. The van der Waals surface area contributed by atoms with Crippen molar-refractivity contribution >= 4 is 11.6 Å². The molecule has 1 aliphatic rings. The smallest absolute Gasteiger partial charge is 0.367 e. The molecule has 0 saturated carbocycles. The van der Waals surface area contributed by atoms with Crippen LogP contribution in [0.2, 0.25) is 5.15 Å². The van der Waals surface area contributed by atoms with Gasteiger partial charge in [0.05, 0.1) is 5.92 Å². The largest absolute Gasteiger partial charge is 0.415 e. The van der Waals surface area contributed by atoms with E-state index in [1.54, 1.807) is 6.07 Å². The summed E-state index contributed by atoms with van der Waals surface area (Å²) in [6.45, 7) is 2.04. The molecule has 1 aromatic rings. The van der Waals surface area contributed by atoms with Crippen molar-refractivity contribution < 1.29 is 17.9 Å². The van der Waals surface area contributed by atoms with Crippen LogP contribution in [0.4, 0.5) is 13.2 Å². The number of hydrogen-bond acceptors (Lipinski definition) is 3. The number of halogens is 4. The van der Waals surface area contributed by atoms with E-state index in [4.69, 9.17) is 16.3 Å². The Kier molecular flexibility index (Phi) is 5.56.